The predicted molar refractivity (Wildman–Crippen MR) is 81.3 cm³/mol. The van der Waals surface area contributed by atoms with Gasteiger partial charge in [0.15, 0.2) is 5.03 Å². The second kappa shape index (κ2) is 6.02. The number of hydrogen-bond acceptors (Lipinski definition) is 4. The molecule has 0 aromatic carbocycles. The van der Waals surface area contributed by atoms with E-state index in [-0.39, 0.29) is 5.03 Å². The van der Waals surface area contributed by atoms with Gasteiger partial charge in [0.25, 0.3) is 10.0 Å². The minimum Gasteiger partial charge on any atom is -0.310 e. The van der Waals surface area contributed by atoms with Gasteiger partial charge < -0.3 is 5.32 Å². The van der Waals surface area contributed by atoms with Crippen LogP contribution in [0.25, 0.3) is 0 Å². The van der Waals surface area contributed by atoms with Gasteiger partial charge in [-0.05, 0) is 43.2 Å². The lowest BCUT2D eigenvalue weighted by molar-refractivity contribution is 0.410. The lowest BCUT2D eigenvalue weighted by Crippen LogP contribution is -2.33. The van der Waals surface area contributed by atoms with Crippen molar-refractivity contribution in [3.05, 3.63) is 23.9 Å². The van der Waals surface area contributed by atoms with Gasteiger partial charge in [-0.2, -0.15) is 4.31 Å². The van der Waals surface area contributed by atoms with Crippen molar-refractivity contribution in [2.24, 2.45) is 5.92 Å². The van der Waals surface area contributed by atoms with Gasteiger partial charge in [-0.25, -0.2) is 13.4 Å². The Hall–Kier alpha value is -0.980. The fourth-order valence-corrected chi connectivity index (χ4v) is 3.77. The third-order valence-electron chi connectivity index (χ3n) is 4.09. The summed E-state index contributed by atoms with van der Waals surface area (Å²) >= 11 is 0. The second-order valence-corrected chi connectivity index (χ2v) is 7.94. The molecule has 1 heterocycles. The van der Waals surface area contributed by atoms with Crippen LogP contribution >= 0.6 is 0 Å². The van der Waals surface area contributed by atoms with Crippen molar-refractivity contribution in [3.63, 3.8) is 0 Å². The Bertz CT molecular complexity index is 577. The third kappa shape index (κ3) is 3.81. The van der Waals surface area contributed by atoms with Gasteiger partial charge in [-0.15, -0.1) is 0 Å². The smallest absolute Gasteiger partial charge is 0.260 e. The molecular formula is C15H23N3O2S. The maximum atomic E-state index is 12.6. The highest BCUT2D eigenvalue weighted by atomic mass is 32.2. The van der Waals surface area contributed by atoms with Gasteiger partial charge in [0.1, 0.15) is 0 Å². The fourth-order valence-electron chi connectivity index (χ4n) is 2.34. The van der Waals surface area contributed by atoms with Gasteiger partial charge in [0.05, 0.1) is 0 Å². The van der Waals surface area contributed by atoms with Crippen LogP contribution in [0.4, 0.5) is 0 Å². The van der Waals surface area contributed by atoms with Crippen LogP contribution in [-0.2, 0) is 16.6 Å². The standard InChI is InChI=1S/C15H23N3O2S/c1-2-18(11-12-3-4-12)21(19,20)15-8-5-13(10-17-15)9-16-14-6-7-14/h5,8,10,12,14,16H,2-4,6-7,9,11H2,1H3. The Morgan fingerprint density at radius 2 is 2.05 bits per heavy atom. The second-order valence-electron chi connectivity index (χ2n) is 6.06. The molecule has 21 heavy (non-hydrogen) atoms. The maximum Gasteiger partial charge on any atom is 0.260 e. The van der Waals surface area contributed by atoms with Crippen LogP contribution in [0.5, 0.6) is 0 Å². The van der Waals surface area contributed by atoms with E-state index in [0.29, 0.717) is 25.0 Å². The first-order valence-electron chi connectivity index (χ1n) is 7.78. The van der Waals surface area contributed by atoms with Crippen LogP contribution < -0.4 is 5.32 Å². The Kier molecular flexibility index (Phi) is 4.28. The van der Waals surface area contributed by atoms with E-state index < -0.39 is 10.0 Å². The van der Waals surface area contributed by atoms with E-state index in [9.17, 15) is 8.42 Å². The normalized spacial score (nSPS) is 19.1. The fraction of sp³-hybridized carbons (Fsp3) is 0.667. The van der Waals surface area contributed by atoms with Crippen molar-refractivity contribution in [1.29, 1.82) is 0 Å². The number of hydrogen-bond donors (Lipinski definition) is 1. The van der Waals surface area contributed by atoms with E-state index in [2.05, 4.69) is 10.3 Å². The van der Waals surface area contributed by atoms with Crippen LogP contribution in [0, 0.1) is 5.92 Å². The summed E-state index contributed by atoms with van der Waals surface area (Å²) in [5.74, 6) is 0.543. The molecule has 3 rings (SSSR count). The Labute approximate surface area is 126 Å². The van der Waals surface area contributed by atoms with Crippen LogP contribution in [0.3, 0.4) is 0 Å². The number of nitrogens with one attached hydrogen (secondary N) is 1. The van der Waals surface area contributed by atoms with E-state index in [1.165, 1.54) is 12.8 Å². The number of aromatic nitrogens is 1. The number of rotatable bonds is 8. The van der Waals surface area contributed by atoms with E-state index in [1.54, 1.807) is 16.6 Å². The number of sulfonamides is 1. The van der Waals surface area contributed by atoms with Crippen LogP contribution in [-0.4, -0.2) is 36.8 Å². The van der Waals surface area contributed by atoms with E-state index in [1.807, 2.05) is 13.0 Å². The molecule has 0 amide bonds. The lowest BCUT2D eigenvalue weighted by Gasteiger charge is -2.19. The molecule has 116 valence electrons. The average molecular weight is 309 g/mol. The van der Waals surface area contributed by atoms with Gasteiger partial charge in [0.2, 0.25) is 0 Å². The molecule has 0 aliphatic heterocycles. The molecule has 1 aromatic rings. The highest BCUT2D eigenvalue weighted by Gasteiger charge is 2.31. The van der Waals surface area contributed by atoms with Crippen LogP contribution in [0.1, 0.15) is 38.2 Å². The summed E-state index contributed by atoms with van der Waals surface area (Å²) in [5, 5.41) is 3.57. The third-order valence-corrected chi connectivity index (χ3v) is 5.94. The molecule has 2 fully saturated rings. The minimum atomic E-state index is -3.44. The zero-order valence-corrected chi connectivity index (χ0v) is 13.3. The molecule has 0 atom stereocenters. The first-order valence-corrected chi connectivity index (χ1v) is 9.22. The van der Waals surface area contributed by atoms with Crippen LogP contribution in [0.15, 0.2) is 23.4 Å². The molecule has 0 spiro atoms. The first-order chi connectivity index (χ1) is 10.1. The van der Waals surface area contributed by atoms with E-state index in [4.69, 9.17) is 0 Å². The van der Waals surface area contributed by atoms with Crippen molar-refractivity contribution in [3.8, 4) is 0 Å². The summed E-state index contributed by atoms with van der Waals surface area (Å²) in [4.78, 5) is 4.18. The molecule has 1 N–H and O–H groups in total. The molecular weight excluding hydrogens is 286 g/mol. The van der Waals surface area contributed by atoms with Gasteiger partial charge in [0, 0.05) is 31.9 Å². The Morgan fingerprint density at radius 1 is 1.29 bits per heavy atom. The number of pyridine rings is 1. The molecule has 5 nitrogen and oxygen atoms in total. The lowest BCUT2D eigenvalue weighted by atomic mass is 10.3. The summed E-state index contributed by atoms with van der Waals surface area (Å²) in [6, 6.07) is 4.14. The molecule has 1 aromatic heterocycles. The molecule has 2 saturated carbocycles. The molecule has 2 aliphatic rings. The van der Waals surface area contributed by atoms with Gasteiger partial charge in [-0.1, -0.05) is 13.0 Å². The summed E-state index contributed by atoms with van der Waals surface area (Å²) in [6.07, 6.45) is 6.45. The summed E-state index contributed by atoms with van der Waals surface area (Å²) in [5.41, 5.74) is 1.03. The van der Waals surface area contributed by atoms with E-state index >= 15 is 0 Å². The van der Waals surface area contributed by atoms with Gasteiger partial charge >= 0.3 is 0 Å². The molecule has 0 saturated heterocycles. The highest BCUT2D eigenvalue weighted by molar-refractivity contribution is 7.89. The summed E-state index contributed by atoms with van der Waals surface area (Å²) < 4.78 is 26.7. The molecule has 6 heteroatoms. The molecule has 0 unspecified atom stereocenters. The quantitative estimate of drug-likeness (QED) is 0.795. The minimum absolute atomic E-state index is 0.167. The zero-order valence-electron chi connectivity index (χ0n) is 12.5. The van der Waals surface area contributed by atoms with Crippen molar-refractivity contribution in [1.82, 2.24) is 14.6 Å². The zero-order chi connectivity index (χ0) is 14.9. The Morgan fingerprint density at radius 3 is 2.57 bits per heavy atom. The largest absolute Gasteiger partial charge is 0.310 e. The predicted octanol–water partition coefficient (Wildman–Crippen LogP) is 1.75. The van der Waals surface area contributed by atoms with Crippen molar-refractivity contribution >= 4 is 10.0 Å². The topological polar surface area (TPSA) is 62.3 Å². The first kappa shape index (κ1) is 14.9. The Balaban J connectivity index is 1.67. The van der Waals surface area contributed by atoms with Crippen molar-refractivity contribution < 1.29 is 8.42 Å². The summed E-state index contributed by atoms with van der Waals surface area (Å²) in [7, 11) is -3.44. The van der Waals surface area contributed by atoms with Gasteiger partial charge in [-0.3, -0.25) is 0 Å². The molecule has 0 bridgehead atoms. The van der Waals surface area contributed by atoms with Crippen molar-refractivity contribution in [2.75, 3.05) is 13.1 Å². The summed E-state index contributed by atoms with van der Waals surface area (Å²) in [6.45, 7) is 3.78. The average Bonchev–Trinajstić information content (AvgIpc) is 3.38. The molecule has 0 radical (unpaired) electrons. The number of nitrogens with zero attached hydrogens (tertiary/aromatic N) is 2. The maximum absolute atomic E-state index is 12.6. The monoisotopic (exact) mass is 309 g/mol. The van der Waals surface area contributed by atoms with Crippen molar-refractivity contribution in [2.45, 2.75) is 50.2 Å². The molecule has 2 aliphatic carbocycles. The SMILES string of the molecule is CCN(CC1CC1)S(=O)(=O)c1ccc(CNC2CC2)cn1. The highest BCUT2D eigenvalue weighted by Crippen LogP contribution is 2.31. The van der Waals surface area contributed by atoms with E-state index in [0.717, 1.165) is 24.9 Å². The van der Waals surface area contributed by atoms with Crippen LogP contribution in [0.2, 0.25) is 0 Å².